The van der Waals surface area contributed by atoms with E-state index in [0.29, 0.717) is 0 Å². The highest BCUT2D eigenvalue weighted by Crippen LogP contribution is 2.45. The number of hydrogen-bond acceptors (Lipinski definition) is 1. The fraction of sp³-hybridized carbons (Fsp3) is 1.00. The van der Waals surface area contributed by atoms with E-state index in [1.54, 1.807) is 0 Å². The highest BCUT2D eigenvalue weighted by atomic mass is 32.2. The van der Waals surface area contributed by atoms with Gasteiger partial charge in [-0.2, -0.15) is 11.8 Å². The van der Waals surface area contributed by atoms with E-state index in [1.165, 1.54) is 25.7 Å². The van der Waals surface area contributed by atoms with Gasteiger partial charge in [-0.1, -0.05) is 34.1 Å². The topological polar surface area (TPSA) is 0 Å². The second kappa shape index (κ2) is 5.29. The van der Waals surface area contributed by atoms with Gasteiger partial charge in [0, 0.05) is 10.5 Å². The third kappa shape index (κ3) is 4.39. The molecule has 0 radical (unpaired) electrons. The molecule has 1 heteroatoms. The van der Waals surface area contributed by atoms with E-state index in [4.69, 9.17) is 0 Å². The molecule has 0 aromatic heterocycles. The average Bonchev–Trinajstić information content (AvgIpc) is 2.65. The summed E-state index contributed by atoms with van der Waals surface area (Å²) in [5, 5.41) is 1.95. The van der Waals surface area contributed by atoms with Crippen LogP contribution in [0.2, 0.25) is 0 Å². The van der Waals surface area contributed by atoms with Crippen molar-refractivity contribution in [3.05, 3.63) is 0 Å². The van der Waals surface area contributed by atoms with Crippen molar-refractivity contribution in [3.8, 4) is 0 Å². The molecule has 0 N–H and O–H groups in total. The van der Waals surface area contributed by atoms with Crippen LogP contribution in [0.5, 0.6) is 0 Å². The highest BCUT2D eigenvalue weighted by Gasteiger charge is 2.34. The first-order valence-corrected chi connectivity index (χ1v) is 6.73. The molecule has 1 rings (SSSR count). The van der Waals surface area contributed by atoms with E-state index < -0.39 is 0 Å². The van der Waals surface area contributed by atoms with E-state index in [2.05, 4.69) is 39.5 Å². The van der Waals surface area contributed by atoms with Gasteiger partial charge in [-0.15, -0.1) is 0 Å². The van der Waals surface area contributed by atoms with Crippen molar-refractivity contribution in [2.24, 2.45) is 11.8 Å². The third-order valence-electron chi connectivity index (χ3n) is 2.75. The standard InChI is InChI=1S/C12H24S/c1-5-6-11(7-9(2)3)13-12-8-10(12)4/h9-12H,5-8H2,1-4H3. The molecule has 0 amide bonds. The van der Waals surface area contributed by atoms with E-state index in [1.807, 2.05) is 0 Å². The molecular weight excluding hydrogens is 176 g/mol. The molecule has 3 atom stereocenters. The largest absolute Gasteiger partial charge is 0.155 e. The average molecular weight is 200 g/mol. The van der Waals surface area contributed by atoms with Gasteiger partial charge >= 0.3 is 0 Å². The van der Waals surface area contributed by atoms with Crippen LogP contribution in [0.25, 0.3) is 0 Å². The van der Waals surface area contributed by atoms with E-state index in [9.17, 15) is 0 Å². The minimum atomic E-state index is 0.873. The molecule has 0 bridgehead atoms. The van der Waals surface area contributed by atoms with Crippen LogP contribution < -0.4 is 0 Å². The van der Waals surface area contributed by atoms with Gasteiger partial charge < -0.3 is 0 Å². The summed E-state index contributed by atoms with van der Waals surface area (Å²) in [6.07, 6.45) is 5.67. The van der Waals surface area contributed by atoms with Gasteiger partial charge in [0.25, 0.3) is 0 Å². The molecule has 0 saturated heterocycles. The molecule has 1 fully saturated rings. The Kier molecular flexibility index (Phi) is 4.64. The summed E-state index contributed by atoms with van der Waals surface area (Å²) in [6, 6.07) is 0. The van der Waals surface area contributed by atoms with Gasteiger partial charge in [-0.3, -0.25) is 0 Å². The molecule has 3 unspecified atom stereocenters. The van der Waals surface area contributed by atoms with Gasteiger partial charge in [-0.05, 0) is 31.1 Å². The zero-order chi connectivity index (χ0) is 9.84. The van der Waals surface area contributed by atoms with Crippen LogP contribution in [0, 0.1) is 11.8 Å². The highest BCUT2D eigenvalue weighted by molar-refractivity contribution is 8.00. The fourth-order valence-corrected chi connectivity index (χ4v) is 3.86. The molecule has 0 heterocycles. The minimum absolute atomic E-state index is 0.873. The second-order valence-corrected chi connectivity index (χ2v) is 6.47. The lowest BCUT2D eigenvalue weighted by atomic mass is 10.1. The van der Waals surface area contributed by atoms with E-state index in [-0.39, 0.29) is 0 Å². The molecule has 1 aliphatic carbocycles. The van der Waals surface area contributed by atoms with Crippen molar-refractivity contribution < 1.29 is 0 Å². The molecule has 13 heavy (non-hydrogen) atoms. The van der Waals surface area contributed by atoms with E-state index >= 15 is 0 Å². The molecule has 0 aromatic carbocycles. The molecule has 0 aliphatic heterocycles. The van der Waals surface area contributed by atoms with E-state index in [0.717, 1.165) is 22.3 Å². The Morgan fingerprint density at radius 1 is 1.38 bits per heavy atom. The van der Waals surface area contributed by atoms with Crippen LogP contribution in [-0.2, 0) is 0 Å². The summed E-state index contributed by atoms with van der Waals surface area (Å²) in [7, 11) is 0. The lowest BCUT2D eigenvalue weighted by Crippen LogP contribution is -2.07. The van der Waals surface area contributed by atoms with Crippen LogP contribution in [-0.4, -0.2) is 10.5 Å². The fourth-order valence-electron chi connectivity index (χ4n) is 1.81. The van der Waals surface area contributed by atoms with Crippen LogP contribution in [0.15, 0.2) is 0 Å². The van der Waals surface area contributed by atoms with Gasteiger partial charge in [0.05, 0.1) is 0 Å². The Balaban J connectivity index is 2.20. The van der Waals surface area contributed by atoms with Crippen molar-refractivity contribution in [2.45, 2.75) is 63.9 Å². The Morgan fingerprint density at radius 2 is 2.00 bits per heavy atom. The maximum absolute atomic E-state index is 2.38. The SMILES string of the molecule is CCCC(CC(C)C)SC1CC1C. The summed E-state index contributed by atoms with van der Waals surface area (Å²) in [4.78, 5) is 0. The maximum Gasteiger partial charge on any atom is 0.00788 e. The normalized spacial score (nSPS) is 29.3. The van der Waals surface area contributed by atoms with Gasteiger partial charge in [0.2, 0.25) is 0 Å². The summed E-state index contributed by atoms with van der Waals surface area (Å²) in [5.74, 6) is 1.88. The number of hydrogen-bond donors (Lipinski definition) is 0. The van der Waals surface area contributed by atoms with Crippen molar-refractivity contribution in [1.29, 1.82) is 0 Å². The summed E-state index contributed by atoms with van der Waals surface area (Å²) in [5.41, 5.74) is 0. The molecule has 1 saturated carbocycles. The van der Waals surface area contributed by atoms with Gasteiger partial charge in [0.15, 0.2) is 0 Å². The Labute approximate surface area is 87.9 Å². The molecule has 0 aromatic rings. The second-order valence-electron chi connectivity index (χ2n) is 4.93. The predicted octanol–water partition coefficient (Wildman–Crippen LogP) is 4.34. The number of rotatable bonds is 6. The monoisotopic (exact) mass is 200 g/mol. The summed E-state index contributed by atoms with van der Waals surface area (Å²) < 4.78 is 0. The van der Waals surface area contributed by atoms with Crippen LogP contribution in [0.3, 0.4) is 0 Å². The third-order valence-corrected chi connectivity index (χ3v) is 4.57. The summed E-state index contributed by atoms with van der Waals surface area (Å²) in [6.45, 7) is 9.39. The zero-order valence-corrected chi connectivity index (χ0v) is 10.4. The Morgan fingerprint density at radius 3 is 2.38 bits per heavy atom. The van der Waals surface area contributed by atoms with Crippen molar-refractivity contribution in [3.63, 3.8) is 0 Å². The summed E-state index contributed by atoms with van der Waals surface area (Å²) >= 11 is 2.27. The Hall–Kier alpha value is 0.350. The van der Waals surface area contributed by atoms with Gasteiger partial charge in [-0.25, -0.2) is 0 Å². The zero-order valence-electron chi connectivity index (χ0n) is 9.55. The lowest BCUT2D eigenvalue weighted by Gasteiger charge is -2.17. The molecule has 0 nitrogen and oxygen atoms in total. The molecule has 0 spiro atoms. The first kappa shape index (κ1) is 11.4. The molecular formula is C12H24S. The van der Waals surface area contributed by atoms with Crippen molar-refractivity contribution in [2.75, 3.05) is 0 Å². The first-order chi connectivity index (χ1) is 6.13. The maximum atomic E-state index is 2.38. The first-order valence-electron chi connectivity index (χ1n) is 5.79. The number of thioether (sulfide) groups is 1. The predicted molar refractivity (Wildman–Crippen MR) is 63.3 cm³/mol. The molecule has 78 valence electrons. The van der Waals surface area contributed by atoms with Gasteiger partial charge in [0.1, 0.15) is 0 Å². The minimum Gasteiger partial charge on any atom is -0.155 e. The molecule has 1 aliphatic rings. The Bertz CT molecular complexity index is 142. The quantitative estimate of drug-likeness (QED) is 0.614. The van der Waals surface area contributed by atoms with Crippen molar-refractivity contribution >= 4 is 11.8 Å². The van der Waals surface area contributed by atoms with Crippen LogP contribution in [0.1, 0.15) is 53.4 Å². The lowest BCUT2D eigenvalue weighted by molar-refractivity contribution is 0.545. The van der Waals surface area contributed by atoms with Crippen LogP contribution in [0.4, 0.5) is 0 Å². The smallest absolute Gasteiger partial charge is 0.00788 e. The van der Waals surface area contributed by atoms with Crippen LogP contribution >= 0.6 is 11.8 Å². The van der Waals surface area contributed by atoms with Crippen molar-refractivity contribution in [1.82, 2.24) is 0 Å².